The Morgan fingerprint density at radius 1 is 1.53 bits per heavy atom. The van der Waals surface area contributed by atoms with Crippen LogP contribution in [0.1, 0.15) is 33.6 Å². The van der Waals surface area contributed by atoms with E-state index in [9.17, 15) is 4.79 Å². The predicted octanol–water partition coefficient (Wildman–Crippen LogP) is 1.26. The third-order valence-electron chi connectivity index (χ3n) is 3.26. The molecule has 100 valence electrons. The molecule has 1 fully saturated rings. The van der Waals surface area contributed by atoms with Crippen molar-refractivity contribution in [2.45, 2.75) is 39.7 Å². The van der Waals surface area contributed by atoms with Crippen LogP contribution in [0.15, 0.2) is 0 Å². The molecule has 1 saturated heterocycles. The van der Waals surface area contributed by atoms with E-state index in [0.29, 0.717) is 12.6 Å². The predicted molar refractivity (Wildman–Crippen MR) is 68.9 cm³/mol. The SMILES string of the molecule is CCCN(CC(C)C(=O)OCC)C1CCNC1. The van der Waals surface area contributed by atoms with Crippen LogP contribution in [0.4, 0.5) is 0 Å². The zero-order valence-electron chi connectivity index (χ0n) is 11.4. The van der Waals surface area contributed by atoms with Crippen molar-refractivity contribution in [2.75, 3.05) is 32.8 Å². The second-order valence-electron chi connectivity index (χ2n) is 4.79. The van der Waals surface area contributed by atoms with Crippen LogP contribution in [-0.2, 0) is 9.53 Å². The van der Waals surface area contributed by atoms with Crippen LogP contribution in [0.2, 0.25) is 0 Å². The Morgan fingerprint density at radius 2 is 2.29 bits per heavy atom. The highest BCUT2D eigenvalue weighted by atomic mass is 16.5. The first-order chi connectivity index (χ1) is 8.19. The summed E-state index contributed by atoms with van der Waals surface area (Å²) in [7, 11) is 0. The summed E-state index contributed by atoms with van der Waals surface area (Å²) in [5.41, 5.74) is 0. The molecule has 0 saturated carbocycles. The molecule has 1 rings (SSSR count). The van der Waals surface area contributed by atoms with Crippen LogP contribution < -0.4 is 5.32 Å². The molecule has 0 amide bonds. The van der Waals surface area contributed by atoms with Crippen LogP contribution in [0.3, 0.4) is 0 Å². The van der Waals surface area contributed by atoms with Crippen molar-refractivity contribution < 1.29 is 9.53 Å². The fourth-order valence-corrected chi connectivity index (χ4v) is 2.37. The molecule has 4 heteroatoms. The highest BCUT2D eigenvalue weighted by Crippen LogP contribution is 2.12. The maximum atomic E-state index is 11.6. The molecule has 0 bridgehead atoms. The van der Waals surface area contributed by atoms with Gasteiger partial charge >= 0.3 is 5.97 Å². The van der Waals surface area contributed by atoms with Crippen molar-refractivity contribution in [1.29, 1.82) is 0 Å². The highest BCUT2D eigenvalue weighted by molar-refractivity contribution is 5.72. The van der Waals surface area contributed by atoms with E-state index in [2.05, 4.69) is 17.1 Å². The molecule has 1 heterocycles. The lowest BCUT2D eigenvalue weighted by Crippen LogP contribution is -2.41. The number of nitrogens with one attached hydrogen (secondary N) is 1. The van der Waals surface area contributed by atoms with E-state index in [0.717, 1.165) is 32.6 Å². The van der Waals surface area contributed by atoms with Gasteiger partial charge in [-0.1, -0.05) is 13.8 Å². The first kappa shape index (κ1) is 14.5. The molecule has 17 heavy (non-hydrogen) atoms. The summed E-state index contributed by atoms with van der Waals surface area (Å²) in [6.45, 7) is 10.5. The standard InChI is InChI=1S/C13H26N2O2/c1-4-8-15(12-6-7-14-9-12)10-11(3)13(16)17-5-2/h11-12,14H,4-10H2,1-3H3. The average Bonchev–Trinajstić information content (AvgIpc) is 2.82. The van der Waals surface area contributed by atoms with E-state index < -0.39 is 0 Å². The van der Waals surface area contributed by atoms with Crippen LogP contribution in [-0.4, -0.2) is 49.7 Å². The number of hydrogen-bond acceptors (Lipinski definition) is 4. The Bertz CT molecular complexity index is 227. The Hall–Kier alpha value is -0.610. The van der Waals surface area contributed by atoms with Gasteiger partial charge in [0.2, 0.25) is 0 Å². The zero-order chi connectivity index (χ0) is 12.7. The second kappa shape index (κ2) is 7.67. The largest absolute Gasteiger partial charge is 0.466 e. The number of carbonyl (C=O) groups is 1. The van der Waals surface area contributed by atoms with Gasteiger partial charge in [0.05, 0.1) is 12.5 Å². The number of ether oxygens (including phenoxy) is 1. The van der Waals surface area contributed by atoms with E-state index >= 15 is 0 Å². The third kappa shape index (κ3) is 4.64. The summed E-state index contributed by atoms with van der Waals surface area (Å²) >= 11 is 0. The Kier molecular flexibility index (Phi) is 6.52. The minimum Gasteiger partial charge on any atom is -0.466 e. The van der Waals surface area contributed by atoms with E-state index in [1.807, 2.05) is 13.8 Å². The summed E-state index contributed by atoms with van der Waals surface area (Å²) in [5.74, 6) is -0.0957. The Morgan fingerprint density at radius 3 is 2.82 bits per heavy atom. The second-order valence-corrected chi connectivity index (χ2v) is 4.79. The summed E-state index contributed by atoms with van der Waals surface area (Å²) in [6.07, 6.45) is 2.32. The molecule has 0 aromatic rings. The number of esters is 1. The van der Waals surface area contributed by atoms with Crippen molar-refractivity contribution in [2.24, 2.45) is 5.92 Å². The number of nitrogens with zero attached hydrogens (tertiary/aromatic N) is 1. The molecular formula is C13H26N2O2. The molecule has 0 aromatic heterocycles. The highest BCUT2D eigenvalue weighted by Gasteiger charge is 2.25. The lowest BCUT2D eigenvalue weighted by molar-refractivity contribution is -0.148. The molecule has 0 spiro atoms. The van der Waals surface area contributed by atoms with Gasteiger partial charge in [0.1, 0.15) is 0 Å². The molecule has 0 aromatic carbocycles. The lowest BCUT2D eigenvalue weighted by atomic mass is 10.1. The topological polar surface area (TPSA) is 41.6 Å². The van der Waals surface area contributed by atoms with Gasteiger partial charge in [0.15, 0.2) is 0 Å². The zero-order valence-corrected chi connectivity index (χ0v) is 11.4. The molecule has 0 radical (unpaired) electrons. The number of rotatable bonds is 7. The lowest BCUT2D eigenvalue weighted by Gasteiger charge is -2.29. The van der Waals surface area contributed by atoms with Crippen LogP contribution >= 0.6 is 0 Å². The van der Waals surface area contributed by atoms with Gasteiger partial charge in [-0.05, 0) is 32.9 Å². The maximum absolute atomic E-state index is 11.6. The van der Waals surface area contributed by atoms with Gasteiger partial charge in [0.25, 0.3) is 0 Å². The van der Waals surface area contributed by atoms with Gasteiger partial charge in [-0.2, -0.15) is 0 Å². The molecule has 1 aliphatic heterocycles. The minimum absolute atomic E-state index is 0.0258. The molecular weight excluding hydrogens is 216 g/mol. The van der Waals surface area contributed by atoms with Crippen molar-refractivity contribution in [1.82, 2.24) is 10.2 Å². The fraction of sp³-hybridized carbons (Fsp3) is 0.923. The summed E-state index contributed by atoms with van der Waals surface area (Å²) in [5, 5.41) is 3.38. The van der Waals surface area contributed by atoms with Gasteiger partial charge in [0, 0.05) is 19.1 Å². The normalized spacial score (nSPS) is 21.8. The third-order valence-corrected chi connectivity index (χ3v) is 3.26. The van der Waals surface area contributed by atoms with E-state index in [-0.39, 0.29) is 11.9 Å². The smallest absolute Gasteiger partial charge is 0.309 e. The first-order valence-corrected chi connectivity index (χ1v) is 6.80. The van der Waals surface area contributed by atoms with Crippen molar-refractivity contribution in [3.63, 3.8) is 0 Å². The van der Waals surface area contributed by atoms with Crippen LogP contribution in [0, 0.1) is 5.92 Å². The van der Waals surface area contributed by atoms with E-state index in [1.165, 1.54) is 6.42 Å². The van der Waals surface area contributed by atoms with Crippen molar-refractivity contribution in [3.05, 3.63) is 0 Å². The van der Waals surface area contributed by atoms with Gasteiger partial charge in [-0.25, -0.2) is 0 Å². The van der Waals surface area contributed by atoms with Crippen molar-refractivity contribution >= 4 is 5.97 Å². The summed E-state index contributed by atoms with van der Waals surface area (Å²) in [4.78, 5) is 14.1. The van der Waals surface area contributed by atoms with Gasteiger partial charge in [-0.15, -0.1) is 0 Å². The van der Waals surface area contributed by atoms with Crippen molar-refractivity contribution in [3.8, 4) is 0 Å². The molecule has 1 N–H and O–H groups in total. The quantitative estimate of drug-likeness (QED) is 0.682. The fourth-order valence-electron chi connectivity index (χ4n) is 2.37. The maximum Gasteiger partial charge on any atom is 0.309 e. The number of hydrogen-bond donors (Lipinski definition) is 1. The van der Waals surface area contributed by atoms with Gasteiger partial charge in [-0.3, -0.25) is 9.69 Å². The molecule has 4 nitrogen and oxygen atoms in total. The average molecular weight is 242 g/mol. The summed E-state index contributed by atoms with van der Waals surface area (Å²) < 4.78 is 5.06. The molecule has 2 unspecified atom stereocenters. The number of carbonyl (C=O) groups excluding carboxylic acids is 1. The van der Waals surface area contributed by atoms with E-state index in [4.69, 9.17) is 4.74 Å². The molecule has 2 atom stereocenters. The molecule has 1 aliphatic rings. The van der Waals surface area contributed by atoms with Crippen LogP contribution in [0.25, 0.3) is 0 Å². The summed E-state index contributed by atoms with van der Waals surface area (Å²) in [6, 6.07) is 0.590. The Balaban J connectivity index is 2.44. The van der Waals surface area contributed by atoms with Crippen LogP contribution in [0.5, 0.6) is 0 Å². The molecule has 0 aliphatic carbocycles. The monoisotopic (exact) mass is 242 g/mol. The first-order valence-electron chi connectivity index (χ1n) is 6.80. The van der Waals surface area contributed by atoms with E-state index in [1.54, 1.807) is 0 Å². The minimum atomic E-state index is -0.0699. The Labute approximate surface area is 105 Å². The van der Waals surface area contributed by atoms with Gasteiger partial charge < -0.3 is 10.1 Å².